The number of nitrogens with one attached hydrogen (secondary N) is 1. The largest absolute Gasteiger partial charge is 0.350 e. The van der Waals surface area contributed by atoms with E-state index >= 15 is 0 Å². The highest BCUT2D eigenvalue weighted by atomic mass is 35.5. The number of carbonyl (C=O) groups is 2. The summed E-state index contributed by atoms with van der Waals surface area (Å²) >= 11 is 13.0. The van der Waals surface area contributed by atoms with Gasteiger partial charge in [-0.05, 0) is 56.5 Å². The average molecular weight is 619 g/mol. The van der Waals surface area contributed by atoms with Crippen LogP contribution in [0.1, 0.15) is 44.4 Å². The van der Waals surface area contributed by atoms with Crippen molar-refractivity contribution in [1.82, 2.24) is 10.2 Å². The van der Waals surface area contributed by atoms with E-state index in [0.717, 1.165) is 21.7 Å². The number of carbonyl (C=O) groups excluding carboxylic acids is 2. The molecule has 2 amide bonds. The van der Waals surface area contributed by atoms with E-state index in [2.05, 4.69) is 5.32 Å². The molecule has 0 saturated carbocycles. The zero-order valence-corrected chi connectivity index (χ0v) is 26.4. The van der Waals surface area contributed by atoms with Gasteiger partial charge < -0.3 is 10.2 Å². The van der Waals surface area contributed by atoms with E-state index in [1.165, 1.54) is 4.90 Å². The fourth-order valence-corrected chi connectivity index (χ4v) is 5.91. The van der Waals surface area contributed by atoms with Gasteiger partial charge in [0.15, 0.2) is 0 Å². The second-order valence-electron chi connectivity index (χ2n) is 10.9. The molecule has 0 saturated heterocycles. The molecule has 0 unspecified atom stereocenters. The molecule has 0 aliphatic carbocycles. The Morgan fingerprint density at radius 1 is 0.902 bits per heavy atom. The van der Waals surface area contributed by atoms with Gasteiger partial charge in [0, 0.05) is 34.1 Å². The summed E-state index contributed by atoms with van der Waals surface area (Å²) in [5.41, 5.74) is 1.91. The van der Waals surface area contributed by atoms with Crippen molar-refractivity contribution in [2.75, 3.05) is 17.1 Å². The van der Waals surface area contributed by atoms with Crippen molar-refractivity contribution in [1.29, 1.82) is 0 Å². The van der Waals surface area contributed by atoms with E-state index in [-0.39, 0.29) is 18.9 Å². The number of halogens is 2. The lowest BCUT2D eigenvalue weighted by atomic mass is 10.0. The second-order valence-corrected chi connectivity index (χ2v) is 13.6. The van der Waals surface area contributed by atoms with Gasteiger partial charge in [-0.1, -0.05) is 84.7 Å². The van der Waals surface area contributed by atoms with Gasteiger partial charge in [0.1, 0.15) is 12.6 Å². The molecule has 0 aromatic heterocycles. The van der Waals surface area contributed by atoms with Crippen LogP contribution in [0.3, 0.4) is 0 Å². The number of sulfonamides is 1. The minimum Gasteiger partial charge on any atom is -0.350 e. The Kier molecular flexibility index (Phi) is 10.9. The van der Waals surface area contributed by atoms with E-state index < -0.39 is 34.1 Å². The lowest BCUT2D eigenvalue weighted by Crippen LogP contribution is -2.56. The molecule has 3 aromatic carbocycles. The fraction of sp³-hybridized carbons (Fsp3) is 0.355. The van der Waals surface area contributed by atoms with Crippen LogP contribution in [0.4, 0.5) is 5.69 Å². The first-order valence-electron chi connectivity index (χ1n) is 13.3. The monoisotopic (exact) mass is 617 g/mol. The molecule has 1 atom stereocenters. The maximum Gasteiger partial charge on any atom is 0.244 e. The summed E-state index contributed by atoms with van der Waals surface area (Å²) in [4.78, 5) is 29.5. The number of anilines is 1. The van der Waals surface area contributed by atoms with Crippen molar-refractivity contribution in [3.05, 3.63) is 99.5 Å². The van der Waals surface area contributed by atoms with Crippen molar-refractivity contribution >= 4 is 50.7 Å². The number of hydrogen-bond donors (Lipinski definition) is 1. The molecule has 3 aromatic rings. The summed E-state index contributed by atoms with van der Waals surface area (Å²) in [6.07, 6.45) is 1.83. The molecule has 220 valence electrons. The third-order valence-electron chi connectivity index (χ3n) is 6.48. The van der Waals surface area contributed by atoms with Crippen LogP contribution in [0, 0.1) is 0 Å². The molecule has 1 N–H and O–H groups in total. The average Bonchev–Trinajstić information content (AvgIpc) is 2.89. The molecule has 3 rings (SSSR count). The number of benzene rings is 3. The molecule has 0 bridgehead atoms. The molecule has 41 heavy (non-hydrogen) atoms. The summed E-state index contributed by atoms with van der Waals surface area (Å²) in [6, 6.07) is 20.4. The number of para-hydroxylation sites is 1. The zero-order chi connectivity index (χ0) is 30.4. The smallest absolute Gasteiger partial charge is 0.244 e. The quantitative estimate of drug-likeness (QED) is 0.291. The highest BCUT2D eigenvalue weighted by Crippen LogP contribution is 2.29. The minimum atomic E-state index is -3.87. The lowest BCUT2D eigenvalue weighted by molar-refractivity contribution is -0.140. The van der Waals surface area contributed by atoms with Gasteiger partial charge in [-0.3, -0.25) is 13.9 Å². The van der Waals surface area contributed by atoms with Crippen LogP contribution in [0.2, 0.25) is 10.0 Å². The van der Waals surface area contributed by atoms with Crippen LogP contribution < -0.4 is 9.62 Å². The van der Waals surface area contributed by atoms with Gasteiger partial charge >= 0.3 is 0 Å². The van der Waals surface area contributed by atoms with Crippen molar-refractivity contribution in [2.45, 2.75) is 58.7 Å². The number of rotatable bonds is 11. The third-order valence-corrected chi connectivity index (χ3v) is 8.31. The number of hydrogen-bond acceptors (Lipinski definition) is 4. The van der Waals surface area contributed by atoms with Crippen LogP contribution in [0.25, 0.3) is 0 Å². The SMILES string of the molecule is CCc1ccccc1N(CC(=O)N(Cc1c(Cl)cccc1Cl)[C@@H](Cc1ccccc1)C(=O)NC(C)(C)C)S(C)(=O)=O. The fourth-order valence-electron chi connectivity index (χ4n) is 4.51. The molecule has 7 nitrogen and oxygen atoms in total. The summed E-state index contributed by atoms with van der Waals surface area (Å²) < 4.78 is 27.2. The topological polar surface area (TPSA) is 86.8 Å². The van der Waals surface area contributed by atoms with Crippen LogP contribution in [0.5, 0.6) is 0 Å². The zero-order valence-electron chi connectivity index (χ0n) is 24.0. The van der Waals surface area contributed by atoms with E-state index in [4.69, 9.17) is 23.2 Å². The van der Waals surface area contributed by atoms with E-state index in [0.29, 0.717) is 27.7 Å². The molecule has 0 aliphatic heterocycles. The molecular formula is C31H37Cl2N3O4S. The first kappa shape index (κ1) is 32.4. The highest BCUT2D eigenvalue weighted by molar-refractivity contribution is 7.92. The Bertz CT molecular complexity index is 1450. The molecule has 10 heteroatoms. The lowest BCUT2D eigenvalue weighted by Gasteiger charge is -2.35. The predicted molar refractivity (Wildman–Crippen MR) is 167 cm³/mol. The molecule has 0 spiro atoms. The Labute approximate surface area is 253 Å². The van der Waals surface area contributed by atoms with Gasteiger partial charge in [0.25, 0.3) is 0 Å². The summed E-state index contributed by atoms with van der Waals surface area (Å²) in [6.45, 7) is 6.88. The first-order chi connectivity index (χ1) is 19.2. The number of nitrogens with zero attached hydrogens (tertiary/aromatic N) is 2. The molecular weight excluding hydrogens is 581 g/mol. The Morgan fingerprint density at radius 3 is 2.05 bits per heavy atom. The van der Waals surface area contributed by atoms with Crippen LogP contribution in [-0.4, -0.2) is 49.5 Å². The van der Waals surface area contributed by atoms with Crippen molar-refractivity contribution in [2.24, 2.45) is 0 Å². The third kappa shape index (κ3) is 8.96. The molecule has 0 radical (unpaired) electrons. The van der Waals surface area contributed by atoms with Crippen molar-refractivity contribution in [3.8, 4) is 0 Å². The number of amides is 2. The van der Waals surface area contributed by atoms with Crippen LogP contribution >= 0.6 is 23.2 Å². The van der Waals surface area contributed by atoms with Gasteiger partial charge in [-0.25, -0.2) is 8.42 Å². The van der Waals surface area contributed by atoms with E-state index in [1.807, 2.05) is 70.2 Å². The van der Waals surface area contributed by atoms with Gasteiger partial charge in [-0.2, -0.15) is 0 Å². The van der Waals surface area contributed by atoms with Crippen LogP contribution in [-0.2, 0) is 39.0 Å². The normalized spacial score (nSPS) is 12.5. The van der Waals surface area contributed by atoms with Gasteiger partial charge in [0.2, 0.25) is 21.8 Å². The Hall–Kier alpha value is -3.07. The number of aryl methyl sites for hydroxylation is 1. The van der Waals surface area contributed by atoms with Crippen LogP contribution in [0.15, 0.2) is 72.8 Å². The summed E-state index contributed by atoms with van der Waals surface area (Å²) in [7, 11) is -3.87. The molecule has 0 heterocycles. The van der Waals surface area contributed by atoms with Crippen molar-refractivity contribution in [3.63, 3.8) is 0 Å². The summed E-state index contributed by atoms with van der Waals surface area (Å²) in [5, 5.41) is 3.66. The van der Waals surface area contributed by atoms with E-state index in [9.17, 15) is 18.0 Å². The predicted octanol–water partition coefficient (Wildman–Crippen LogP) is 5.88. The standard InChI is InChI=1S/C31H37Cl2N3O4S/c1-6-23-15-10-11-18-27(23)36(41(5,39)40)21-29(37)35(20-24-25(32)16-12-17-26(24)33)28(30(38)34-31(2,3)4)19-22-13-8-7-9-14-22/h7-18,28H,6,19-21H2,1-5H3,(H,34,38)/t28-/m0/s1. The minimum absolute atomic E-state index is 0.0978. The maximum atomic E-state index is 14.3. The molecule has 0 fully saturated rings. The van der Waals surface area contributed by atoms with Gasteiger partial charge in [0.05, 0.1) is 11.9 Å². The molecule has 0 aliphatic rings. The highest BCUT2D eigenvalue weighted by Gasteiger charge is 2.35. The summed E-state index contributed by atoms with van der Waals surface area (Å²) in [5.74, 6) is -0.944. The maximum absolute atomic E-state index is 14.3. The first-order valence-corrected chi connectivity index (χ1v) is 16.0. The van der Waals surface area contributed by atoms with Crippen molar-refractivity contribution < 1.29 is 18.0 Å². The Morgan fingerprint density at radius 2 is 1.49 bits per heavy atom. The van der Waals surface area contributed by atoms with Gasteiger partial charge in [-0.15, -0.1) is 0 Å². The second kappa shape index (κ2) is 13.7. The Balaban J connectivity index is 2.14. The van der Waals surface area contributed by atoms with E-state index in [1.54, 1.807) is 30.3 Å².